The molecule has 0 heterocycles. The monoisotopic (exact) mass is 648 g/mol. The summed E-state index contributed by atoms with van der Waals surface area (Å²) in [5, 5.41) is 3.92. The van der Waals surface area contributed by atoms with E-state index >= 15 is 0 Å². The molecule has 0 aliphatic carbocycles. The minimum atomic E-state index is -3.16. The fraction of sp³-hybridized carbons (Fsp3) is 0.200. The number of rotatable bonds is 9. The summed E-state index contributed by atoms with van der Waals surface area (Å²) in [5.74, 6) is 0. The van der Waals surface area contributed by atoms with Gasteiger partial charge in [0.15, 0.2) is 0 Å². The van der Waals surface area contributed by atoms with Crippen LogP contribution in [-0.2, 0) is 19.3 Å². The van der Waals surface area contributed by atoms with Crippen molar-refractivity contribution < 1.29 is 0 Å². The van der Waals surface area contributed by atoms with E-state index in [1.807, 2.05) is 0 Å². The molecule has 0 fully saturated rings. The molecule has 236 valence electrons. The lowest BCUT2D eigenvalue weighted by Crippen LogP contribution is -2.66. The zero-order chi connectivity index (χ0) is 33.1. The van der Waals surface area contributed by atoms with Crippen molar-refractivity contribution in [2.45, 2.75) is 60.8 Å². The van der Waals surface area contributed by atoms with Gasteiger partial charge in [-0.2, -0.15) is 0 Å². The summed E-state index contributed by atoms with van der Waals surface area (Å²) in [7, 11) is -3.16. The first-order valence-corrected chi connectivity index (χ1v) is 19.8. The lowest BCUT2D eigenvalue weighted by molar-refractivity contribution is 1.14. The molecule has 47 heavy (non-hydrogen) atoms. The van der Waals surface area contributed by atoms with Crippen LogP contribution >= 0.6 is 11.1 Å². The lowest BCUT2D eigenvalue weighted by atomic mass is 9.96. The van der Waals surface area contributed by atoms with Crippen molar-refractivity contribution in [3.8, 4) is 0 Å². The molecule has 0 bridgehead atoms. The third kappa shape index (κ3) is 6.53. The summed E-state index contributed by atoms with van der Waals surface area (Å²) < 4.78 is 0. The molecule has 6 aromatic rings. The number of hydrogen-bond donors (Lipinski definition) is 0. The van der Waals surface area contributed by atoms with Gasteiger partial charge >= 0.3 is 0 Å². The first kappa shape index (κ1) is 32.8. The van der Waals surface area contributed by atoms with E-state index in [1.165, 1.54) is 82.3 Å². The predicted molar refractivity (Wildman–Crippen MR) is 206 cm³/mol. The summed E-state index contributed by atoms with van der Waals surface area (Å²) in [6, 6.07) is 46.7. The molecule has 0 aromatic heterocycles. The Morgan fingerprint density at radius 2 is 0.617 bits per heavy atom. The molecule has 0 spiro atoms. The second kappa shape index (κ2) is 13.9. The van der Waals surface area contributed by atoms with Gasteiger partial charge in [-0.05, 0) is 143 Å². The highest BCUT2D eigenvalue weighted by atomic mass is 35.6. The third-order valence-electron chi connectivity index (χ3n) is 10.4. The van der Waals surface area contributed by atoms with E-state index in [-0.39, 0.29) is 0 Å². The molecule has 0 saturated carbocycles. The standard InChI is InChI=1S/C45H45ClSi/c1-31-22-25-43(40(34(31)4)28-37-16-10-7-11-17-37)47(46,44-26-23-32(2)35(5)41(44)29-38-18-12-8-13-19-38)45-27-24-33(3)36(6)42(45)30-39-20-14-9-15-21-39/h7-27H,28-30H2,1-6H3. The van der Waals surface area contributed by atoms with Gasteiger partial charge in [0.2, 0.25) is 7.38 Å². The number of halogens is 1. The molecule has 6 aromatic carbocycles. The Hall–Kier alpha value is -4.17. The molecule has 0 radical (unpaired) electrons. The van der Waals surface area contributed by atoms with Crippen molar-refractivity contribution in [1.29, 1.82) is 0 Å². The number of aryl methyl sites for hydroxylation is 3. The predicted octanol–water partition coefficient (Wildman–Crippen LogP) is 9.52. The quantitative estimate of drug-likeness (QED) is 0.0832. The Kier molecular flexibility index (Phi) is 9.69. The first-order valence-electron chi connectivity index (χ1n) is 16.8. The van der Waals surface area contributed by atoms with E-state index < -0.39 is 7.38 Å². The maximum atomic E-state index is 8.74. The molecule has 0 aliphatic rings. The van der Waals surface area contributed by atoms with Gasteiger partial charge in [0, 0.05) is 0 Å². The van der Waals surface area contributed by atoms with Gasteiger partial charge in [0.25, 0.3) is 0 Å². The van der Waals surface area contributed by atoms with Crippen LogP contribution in [0.2, 0.25) is 0 Å². The van der Waals surface area contributed by atoms with Crippen molar-refractivity contribution in [2.75, 3.05) is 0 Å². The number of hydrogen-bond acceptors (Lipinski definition) is 0. The Balaban J connectivity index is 1.71. The molecule has 0 nitrogen and oxygen atoms in total. The van der Waals surface area contributed by atoms with E-state index in [2.05, 4.69) is 169 Å². The van der Waals surface area contributed by atoms with Gasteiger partial charge in [-0.25, -0.2) is 0 Å². The molecule has 6 rings (SSSR count). The molecule has 0 atom stereocenters. The summed E-state index contributed by atoms with van der Waals surface area (Å²) in [6.45, 7) is 13.6. The van der Waals surface area contributed by atoms with Crippen molar-refractivity contribution in [3.63, 3.8) is 0 Å². The molecule has 0 unspecified atom stereocenters. The molecular formula is C45H45ClSi. The largest absolute Gasteiger partial charge is 0.248 e. The smallest absolute Gasteiger partial charge is 0.149 e. The normalized spacial score (nSPS) is 11.6. The third-order valence-corrected chi connectivity index (χ3v) is 15.9. The number of benzene rings is 6. The minimum Gasteiger partial charge on any atom is -0.149 e. The summed E-state index contributed by atoms with van der Waals surface area (Å²) in [5.41, 5.74) is 16.0. The van der Waals surface area contributed by atoms with Gasteiger partial charge in [-0.3, -0.25) is 0 Å². The fourth-order valence-corrected chi connectivity index (χ4v) is 12.6. The summed E-state index contributed by atoms with van der Waals surface area (Å²) >= 11 is 8.74. The van der Waals surface area contributed by atoms with Gasteiger partial charge in [0.05, 0.1) is 0 Å². The molecule has 0 amide bonds. The topological polar surface area (TPSA) is 0 Å². The molecule has 2 heteroatoms. The second-order valence-electron chi connectivity index (χ2n) is 13.2. The lowest BCUT2D eigenvalue weighted by Gasteiger charge is -2.35. The summed E-state index contributed by atoms with van der Waals surface area (Å²) in [6.07, 6.45) is 2.55. The average molecular weight is 649 g/mol. The molecular weight excluding hydrogens is 604 g/mol. The maximum absolute atomic E-state index is 8.74. The van der Waals surface area contributed by atoms with Crippen molar-refractivity contribution in [2.24, 2.45) is 0 Å². The fourth-order valence-electron chi connectivity index (χ4n) is 7.11. The second-order valence-corrected chi connectivity index (χ2v) is 17.9. The average Bonchev–Trinajstić information content (AvgIpc) is 3.09. The zero-order valence-corrected chi connectivity index (χ0v) is 30.4. The van der Waals surface area contributed by atoms with Crippen LogP contribution in [0.15, 0.2) is 127 Å². The van der Waals surface area contributed by atoms with E-state index in [4.69, 9.17) is 11.1 Å². The highest BCUT2D eigenvalue weighted by Gasteiger charge is 2.44. The Morgan fingerprint density at radius 1 is 0.362 bits per heavy atom. The van der Waals surface area contributed by atoms with Crippen molar-refractivity contribution in [1.82, 2.24) is 0 Å². The van der Waals surface area contributed by atoms with Gasteiger partial charge < -0.3 is 0 Å². The molecule has 0 aliphatic heterocycles. The van der Waals surface area contributed by atoms with Crippen molar-refractivity contribution in [3.05, 3.63) is 194 Å². The van der Waals surface area contributed by atoms with Crippen LogP contribution in [0, 0.1) is 41.5 Å². The van der Waals surface area contributed by atoms with Gasteiger partial charge in [-0.15, -0.1) is 11.1 Å². The highest BCUT2D eigenvalue weighted by molar-refractivity contribution is 7.40. The zero-order valence-electron chi connectivity index (χ0n) is 28.6. The molecule has 0 N–H and O–H groups in total. The Labute approximate surface area is 287 Å². The van der Waals surface area contributed by atoms with Crippen LogP contribution in [0.1, 0.15) is 66.8 Å². The van der Waals surface area contributed by atoms with Gasteiger partial charge in [0.1, 0.15) is 0 Å². The van der Waals surface area contributed by atoms with Gasteiger partial charge in [-0.1, -0.05) is 127 Å². The maximum Gasteiger partial charge on any atom is 0.248 e. The minimum absolute atomic E-state index is 0.850. The van der Waals surface area contributed by atoms with Crippen LogP contribution in [0.5, 0.6) is 0 Å². The van der Waals surface area contributed by atoms with E-state index in [1.54, 1.807) is 0 Å². The van der Waals surface area contributed by atoms with E-state index in [0.29, 0.717) is 0 Å². The van der Waals surface area contributed by atoms with Crippen LogP contribution < -0.4 is 15.6 Å². The SMILES string of the molecule is Cc1ccc([Si](Cl)(c2ccc(C)c(C)c2Cc2ccccc2)c2ccc(C)c(C)c2Cc2ccccc2)c(Cc2ccccc2)c1C. The van der Waals surface area contributed by atoms with Crippen LogP contribution in [-0.4, -0.2) is 7.38 Å². The molecule has 0 saturated heterocycles. The van der Waals surface area contributed by atoms with Crippen molar-refractivity contribution >= 4 is 34.0 Å². The van der Waals surface area contributed by atoms with Crippen LogP contribution in [0.4, 0.5) is 0 Å². The van der Waals surface area contributed by atoms with Crippen LogP contribution in [0.3, 0.4) is 0 Å². The van der Waals surface area contributed by atoms with E-state index in [0.717, 1.165) is 19.3 Å². The summed E-state index contributed by atoms with van der Waals surface area (Å²) in [4.78, 5) is 0. The first-order chi connectivity index (χ1) is 22.7. The Morgan fingerprint density at radius 3 is 0.872 bits per heavy atom. The van der Waals surface area contributed by atoms with E-state index in [9.17, 15) is 0 Å². The highest BCUT2D eigenvalue weighted by Crippen LogP contribution is 2.28. The van der Waals surface area contributed by atoms with Crippen LogP contribution in [0.25, 0.3) is 0 Å². The Bertz CT molecular complexity index is 1780.